The number of ether oxygens (including phenoxy) is 2. The molecule has 0 aromatic heterocycles. The molecule has 116 valence electrons. The van der Waals surface area contributed by atoms with E-state index in [0.29, 0.717) is 17.2 Å². The summed E-state index contributed by atoms with van der Waals surface area (Å²) in [5.74, 6) is 1.35. The Morgan fingerprint density at radius 3 is 2.27 bits per heavy atom. The number of carbonyl (C=O) groups excluding carboxylic acids is 1. The molecule has 1 amide bonds. The van der Waals surface area contributed by atoms with E-state index in [1.807, 2.05) is 31.2 Å². The topological polar surface area (TPSA) is 47.6 Å². The van der Waals surface area contributed by atoms with Crippen molar-refractivity contribution in [1.29, 1.82) is 0 Å². The van der Waals surface area contributed by atoms with Crippen molar-refractivity contribution < 1.29 is 14.3 Å². The van der Waals surface area contributed by atoms with Crippen molar-refractivity contribution in [1.82, 2.24) is 5.32 Å². The summed E-state index contributed by atoms with van der Waals surface area (Å²) in [7, 11) is 1.62. The molecule has 2 aromatic rings. The standard InChI is InChI=1S/C17H18ClNO3/c1-12(11-22-16-9-7-15(21-2)8-10-16)19-17(20)13-3-5-14(18)6-4-13/h3-10,12H,11H2,1-2H3,(H,19,20)/t12-/m1/s1. The highest BCUT2D eigenvalue weighted by Gasteiger charge is 2.10. The third-order valence-electron chi connectivity index (χ3n) is 3.04. The lowest BCUT2D eigenvalue weighted by molar-refractivity contribution is 0.0926. The van der Waals surface area contributed by atoms with Gasteiger partial charge in [0.15, 0.2) is 0 Å². The number of carbonyl (C=O) groups is 1. The molecule has 22 heavy (non-hydrogen) atoms. The zero-order valence-corrected chi connectivity index (χ0v) is 13.3. The van der Waals surface area contributed by atoms with Crippen LogP contribution in [0.25, 0.3) is 0 Å². The molecule has 0 saturated heterocycles. The first kappa shape index (κ1) is 16.2. The fourth-order valence-electron chi connectivity index (χ4n) is 1.84. The average molecular weight is 320 g/mol. The minimum atomic E-state index is -0.150. The number of halogens is 1. The highest BCUT2D eigenvalue weighted by Crippen LogP contribution is 2.17. The highest BCUT2D eigenvalue weighted by molar-refractivity contribution is 6.30. The minimum absolute atomic E-state index is 0.120. The first-order chi connectivity index (χ1) is 10.6. The van der Waals surface area contributed by atoms with Crippen LogP contribution in [-0.2, 0) is 0 Å². The van der Waals surface area contributed by atoms with Gasteiger partial charge in [-0.2, -0.15) is 0 Å². The van der Waals surface area contributed by atoms with Gasteiger partial charge in [-0.1, -0.05) is 11.6 Å². The SMILES string of the molecule is COc1ccc(OC[C@@H](C)NC(=O)c2ccc(Cl)cc2)cc1. The first-order valence-electron chi connectivity index (χ1n) is 6.92. The van der Waals surface area contributed by atoms with Crippen LogP contribution in [0.4, 0.5) is 0 Å². The van der Waals surface area contributed by atoms with Gasteiger partial charge in [-0.3, -0.25) is 4.79 Å². The second-order valence-electron chi connectivity index (χ2n) is 4.87. The van der Waals surface area contributed by atoms with Crippen molar-refractivity contribution in [3.63, 3.8) is 0 Å². The summed E-state index contributed by atoms with van der Waals surface area (Å²) in [5.41, 5.74) is 0.570. The quantitative estimate of drug-likeness (QED) is 0.885. The van der Waals surface area contributed by atoms with E-state index >= 15 is 0 Å². The number of nitrogens with one attached hydrogen (secondary N) is 1. The number of rotatable bonds is 6. The maximum absolute atomic E-state index is 12.0. The second kappa shape index (κ2) is 7.71. The fourth-order valence-corrected chi connectivity index (χ4v) is 1.97. The minimum Gasteiger partial charge on any atom is -0.497 e. The number of amides is 1. The van der Waals surface area contributed by atoms with Crippen LogP contribution in [0.5, 0.6) is 11.5 Å². The normalized spacial score (nSPS) is 11.6. The zero-order chi connectivity index (χ0) is 15.9. The van der Waals surface area contributed by atoms with Crippen LogP contribution in [0.1, 0.15) is 17.3 Å². The van der Waals surface area contributed by atoms with E-state index in [2.05, 4.69) is 5.32 Å². The average Bonchev–Trinajstić information content (AvgIpc) is 2.54. The monoisotopic (exact) mass is 319 g/mol. The summed E-state index contributed by atoms with van der Waals surface area (Å²) in [5, 5.41) is 3.48. The third kappa shape index (κ3) is 4.67. The summed E-state index contributed by atoms with van der Waals surface area (Å²) >= 11 is 5.80. The summed E-state index contributed by atoms with van der Waals surface area (Å²) < 4.78 is 10.7. The van der Waals surface area contributed by atoms with E-state index in [1.54, 1.807) is 31.4 Å². The predicted molar refractivity (Wildman–Crippen MR) is 86.9 cm³/mol. The Morgan fingerprint density at radius 1 is 1.09 bits per heavy atom. The lowest BCUT2D eigenvalue weighted by Gasteiger charge is -2.15. The molecular weight excluding hydrogens is 302 g/mol. The van der Waals surface area contributed by atoms with Gasteiger partial charge in [-0.05, 0) is 55.5 Å². The predicted octanol–water partition coefficient (Wildman–Crippen LogP) is 3.55. The molecule has 0 aliphatic carbocycles. The molecular formula is C17H18ClNO3. The number of hydrogen-bond donors (Lipinski definition) is 1. The zero-order valence-electron chi connectivity index (χ0n) is 12.5. The molecule has 2 rings (SSSR count). The lowest BCUT2D eigenvalue weighted by Crippen LogP contribution is -2.36. The summed E-state index contributed by atoms with van der Waals surface area (Å²) in [4.78, 5) is 12.0. The Morgan fingerprint density at radius 2 is 1.68 bits per heavy atom. The molecule has 0 aliphatic heterocycles. The van der Waals surface area contributed by atoms with Crippen LogP contribution in [0.2, 0.25) is 5.02 Å². The lowest BCUT2D eigenvalue weighted by atomic mass is 10.2. The van der Waals surface area contributed by atoms with Gasteiger partial charge in [0.25, 0.3) is 5.91 Å². The second-order valence-corrected chi connectivity index (χ2v) is 5.30. The number of methoxy groups -OCH3 is 1. The van der Waals surface area contributed by atoms with E-state index in [0.717, 1.165) is 11.5 Å². The fraction of sp³-hybridized carbons (Fsp3) is 0.235. The Balaban J connectivity index is 1.82. The molecule has 1 N–H and O–H groups in total. The Bertz CT molecular complexity index is 611. The van der Waals surface area contributed by atoms with Gasteiger partial charge in [-0.15, -0.1) is 0 Å². The van der Waals surface area contributed by atoms with Gasteiger partial charge in [0.2, 0.25) is 0 Å². The molecule has 0 heterocycles. The Kier molecular flexibility index (Phi) is 5.67. The van der Waals surface area contributed by atoms with Crippen molar-refractivity contribution >= 4 is 17.5 Å². The van der Waals surface area contributed by atoms with Gasteiger partial charge in [0.1, 0.15) is 18.1 Å². The third-order valence-corrected chi connectivity index (χ3v) is 3.30. The number of benzene rings is 2. The van der Waals surface area contributed by atoms with Crippen LogP contribution < -0.4 is 14.8 Å². The van der Waals surface area contributed by atoms with Crippen molar-refractivity contribution in [3.05, 3.63) is 59.1 Å². The Hall–Kier alpha value is -2.20. The largest absolute Gasteiger partial charge is 0.497 e. The summed E-state index contributed by atoms with van der Waals surface area (Å²) in [6.07, 6.45) is 0. The first-order valence-corrected chi connectivity index (χ1v) is 7.29. The maximum Gasteiger partial charge on any atom is 0.251 e. The van der Waals surface area contributed by atoms with Crippen LogP contribution in [0.3, 0.4) is 0 Å². The molecule has 0 aliphatic rings. The maximum atomic E-state index is 12.0. The van der Waals surface area contributed by atoms with E-state index in [9.17, 15) is 4.79 Å². The van der Waals surface area contributed by atoms with Crippen molar-refractivity contribution in [2.45, 2.75) is 13.0 Å². The number of hydrogen-bond acceptors (Lipinski definition) is 3. The van der Waals surface area contributed by atoms with Gasteiger partial charge >= 0.3 is 0 Å². The smallest absolute Gasteiger partial charge is 0.251 e. The molecule has 0 spiro atoms. The van der Waals surface area contributed by atoms with Gasteiger partial charge in [-0.25, -0.2) is 0 Å². The summed E-state index contributed by atoms with van der Waals surface area (Å²) in [6, 6.07) is 13.9. The molecule has 1 atom stereocenters. The highest BCUT2D eigenvalue weighted by atomic mass is 35.5. The van der Waals surface area contributed by atoms with E-state index < -0.39 is 0 Å². The molecule has 0 unspecified atom stereocenters. The van der Waals surface area contributed by atoms with E-state index in [-0.39, 0.29) is 11.9 Å². The molecule has 0 saturated carbocycles. The summed E-state index contributed by atoms with van der Waals surface area (Å²) in [6.45, 7) is 2.27. The molecule has 0 radical (unpaired) electrons. The van der Waals surface area contributed by atoms with Gasteiger partial charge < -0.3 is 14.8 Å². The van der Waals surface area contributed by atoms with E-state index in [4.69, 9.17) is 21.1 Å². The molecule has 4 nitrogen and oxygen atoms in total. The van der Waals surface area contributed by atoms with E-state index in [1.165, 1.54) is 0 Å². The molecule has 0 fully saturated rings. The van der Waals surface area contributed by atoms with Gasteiger partial charge in [0.05, 0.1) is 13.2 Å². The molecule has 5 heteroatoms. The van der Waals surface area contributed by atoms with Crippen molar-refractivity contribution in [3.8, 4) is 11.5 Å². The molecule has 0 bridgehead atoms. The van der Waals surface area contributed by atoms with Crippen LogP contribution >= 0.6 is 11.6 Å². The van der Waals surface area contributed by atoms with Crippen molar-refractivity contribution in [2.24, 2.45) is 0 Å². The van der Waals surface area contributed by atoms with Gasteiger partial charge in [0, 0.05) is 10.6 Å². The Labute approximate surface area is 135 Å². The van der Waals surface area contributed by atoms with Crippen molar-refractivity contribution in [2.75, 3.05) is 13.7 Å². The van der Waals surface area contributed by atoms with Crippen LogP contribution in [0, 0.1) is 0 Å². The van der Waals surface area contributed by atoms with Crippen LogP contribution in [0.15, 0.2) is 48.5 Å². The van der Waals surface area contributed by atoms with Crippen LogP contribution in [-0.4, -0.2) is 25.7 Å². The molecule has 2 aromatic carbocycles.